The van der Waals surface area contributed by atoms with Crippen LogP contribution in [0.3, 0.4) is 0 Å². The number of rotatable bonds is 7. The van der Waals surface area contributed by atoms with E-state index in [9.17, 15) is 13.9 Å². The van der Waals surface area contributed by atoms with Gasteiger partial charge in [-0.1, -0.05) is 18.2 Å². The predicted octanol–water partition coefficient (Wildman–Crippen LogP) is 7.15. The molecule has 1 aliphatic heterocycles. The third-order valence-corrected chi connectivity index (χ3v) is 9.86. The summed E-state index contributed by atoms with van der Waals surface area (Å²) in [6.07, 6.45) is 5.85. The molecule has 3 aromatic rings. The average molecular weight is 537 g/mol. The third kappa shape index (κ3) is 5.46. The SMILES string of the molecule is O=C[C@H]1C[C@@H]1c1ccc(OCc2cc3c(cc2F)CCCc2cc(OC4CCS(O)(O)CC4)ccc2-3)cc1. The van der Waals surface area contributed by atoms with E-state index >= 15 is 4.39 Å². The maximum Gasteiger partial charge on any atom is 0.130 e. The van der Waals surface area contributed by atoms with Gasteiger partial charge < -0.3 is 14.3 Å². The Kier molecular flexibility index (Phi) is 6.93. The molecule has 1 saturated heterocycles. The smallest absolute Gasteiger partial charge is 0.130 e. The molecule has 0 radical (unpaired) electrons. The number of halogens is 1. The summed E-state index contributed by atoms with van der Waals surface area (Å²) in [7, 11) is -2.43. The highest BCUT2D eigenvalue weighted by atomic mass is 32.3. The molecule has 2 aliphatic carbocycles. The molecule has 2 fully saturated rings. The third-order valence-electron chi connectivity index (χ3n) is 8.08. The van der Waals surface area contributed by atoms with Gasteiger partial charge in [-0.3, -0.25) is 9.11 Å². The summed E-state index contributed by atoms with van der Waals surface area (Å²) in [6.45, 7) is 0.135. The number of hydrogen-bond acceptors (Lipinski definition) is 5. The number of carbonyl (C=O) groups excluding carboxylic acids is 1. The summed E-state index contributed by atoms with van der Waals surface area (Å²) in [5.41, 5.74) is 6.00. The maximum atomic E-state index is 15.1. The Morgan fingerprint density at radius 2 is 1.63 bits per heavy atom. The molecule has 200 valence electrons. The number of hydrogen-bond donors (Lipinski definition) is 2. The van der Waals surface area contributed by atoms with Gasteiger partial charge in [0, 0.05) is 35.8 Å². The summed E-state index contributed by atoms with van der Waals surface area (Å²) >= 11 is 0. The number of carbonyl (C=O) groups is 1. The van der Waals surface area contributed by atoms with E-state index in [4.69, 9.17) is 9.47 Å². The zero-order valence-electron chi connectivity index (χ0n) is 21.3. The van der Waals surface area contributed by atoms with Gasteiger partial charge in [0.15, 0.2) is 0 Å². The fourth-order valence-corrected chi connectivity index (χ4v) is 7.21. The van der Waals surface area contributed by atoms with E-state index < -0.39 is 10.6 Å². The van der Waals surface area contributed by atoms with E-state index in [2.05, 4.69) is 12.1 Å². The summed E-state index contributed by atoms with van der Waals surface area (Å²) in [5.74, 6) is 2.48. The van der Waals surface area contributed by atoms with Crippen molar-refractivity contribution in [1.29, 1.82) is 0 Å². The van der Waals surface area contributed by atoms with Crippen molar-refractivity contribution >= 4 is 16.9 Å². The molecule has 38 heavy (non-hydrogen) atoms. The Morgan fingerprint density at radius 3 is 2.34 bits per heavy atom. The molecule has 1 heterocycles. The van der Waals surface area contributed by atoms with Crippen molar-refractivity contribution < 1.29 is 27.8 Å². The van der Waals surface area contributed by atoms with E-state index in [0.717, 1.165) is 60.0 Å². The van der Waals surface area contributed by atoms with Crippen LogP contribution in [0.5, 0.6) is 11.5 Å². The molecule has 0 unspecified atom stereocenters. The van der Waals surface area contributed by atoms with Crippen molar-refractivity contribution in [3.05, 3.63) is 82.7 Å². The molecule has 0 spiro atoms. The highest BCUT2D eigenvalue weighted by molar-refractivity contribution is 8.24. The van der Waals surface area contributed by atoms with Gasteiger partial charge in [-0.2, -0.15) is 10.6 Å². The molecule has 0 bridgehead atoms. The monoisotopic (exact) mass is 536 g/mol. The van der Waals surface area contributed by atoms with Crippen LogP contribution in [0, 0.1) is 11.7 Å². The molecule has 2 atom stereocenters. The first-order valence-corrected chi connectivity index (χ1v) is 15.3. The van der Waals surface area contributed by atoms with Gasteiger partial charge in [-0.15, -0.1) is 0 Å². The molecule has 3 aromatic carbocycles. The Labute approximate surface area is 224 Å². The molecule has 6 rings (SSSR count). The number of benzene rings is 3. The Balaban J connectivity index is 1.17. The lowest BCUT2D eigenvalue weighted by Crippen LogP contribution is -2.28. The van der Waals surface area contributed by atoms with Crippen molar-refractivity contribution in [2.45, 2.75) is 57.2 Å². The molecule has 3 aliphatic rings. The van der Waals surface area contributed by atoms with Gasteiger partial charge in [-0.25, -0.2) is 4.39 Å². The van der Waals surface area contributed by atoms with Crippen LogP contribution in [-0.2, 0) is 24.2 Å². The normalized spacial score (nSPS) is 22.9. The van der Waals surface area contributed by atoms with Crippen LogP contribution in [0.1, 0.15) is 53.9 Å². The molecule has 7 heteroatoms. The van der Waals surface area contributed by atoms with Gasteiger partial charge in [0.2, 0.25) is 0 Å². The van der Waals surface area contributed by atoms with E-state index in [0.29, 0.717) is 41.6 Å². The fourth-order valence-electron chi connectivity index (χ4n) is 5.73. The van der Waals surface area contributed by atoms with E-state index in [1.165, 1.54) is 5.56 Å². The number of fused-ring (bicyclic) bond motifs is 3. The molecule has 2 N–H and O–H groups in total. The molecular formula is C31H33FO5S. The number of aldehydes is 1. The summed E-state index contributed by atoms with van der Waals surface area (Å²) in [5, 5.41) is 0. The molecular weight excluding hydrogens is 503 g/mol. The summed E-state index contributed by atoms with van der Waals surface area (Å²) in [6, 6.07) is 17.5. The van der Waals surface area contributed by atoms with E-state index in [1.807, 2.05) is 36.4 Å². The molecule has 0 aromatic heterocycles. The Hall–Kier alpha value is -2.87. The lowest BCUT2D eigenvalue weighted by atomic mass is 9.94. The second kappa shape index (κ2) is 10.4. The number of aryl methyl sites for hydroxylation is 2. The van der Waals surface area contributed by atoms with Gasteiger partial charge in [0.25, 0.3) is 0 Å². The Morgan fingerprint density at radius 1 is 0.921 bits per heavy atom. The molecule has 1 saturated carbocycles. The highest BCUT2D eigenvalue weighted by Crippen LogP contribution is 2.46. The summed E-state index contributed by atoms with van der Waals surface area (Å²) in [4.78, 5) is 10.9. The second-order valence-electron chi connectivity index (χ2n) is 10.8. The largest absolute Gasteiger partial charge is 0.490 e. The molecule has 5 nitrogen and oxygen atoms in total. The summed E-state index contributed by atoms with van der Waals surface area (Å²) < 4.78 is 47.0. The highest BCUT2D eigenvalue weighted by Gasteiger charge is 2.37. The second-order valence-corrected chi connectivity index (χ2v) is 13.2. The quantitative estimate of drug-likeness (QED) is 0.314. The number of ether oxygens (including phenoxy) is 2. The fraction of sp³-hybridized carbons (Fsp3) is 0.387. The van der Waals surface area contributed by atoms with Crippen LogP contribution in [0.15, 0.2) is 54.6 Å². The maximum absolute atomic E-state index is 15.1. The lowest BCUT2D eigenvalue weighted by molar-refractivity contribution is -0.108. The topological polar surface area (TPSA) is 76.0 Å². The van der Waals surface area contributed by atoms with Gasteiger partial charge in [0.1, 0.15) is 36.3 Å². The van der Waals surface area contributed by atoms with Crippen molar-refractivity contribution in [2.24, 2.45) is 5.92 Å². The van der Waals surface area contributed by atoms with Gasteiger partial charge in [-0.05, 0) is 95.8 Å². The first kappa shape index (κ1) is 25.4. The van der Waals surface area contributed by atoms with Crippen molar-refractivity contribution in [3.63, 3.8) is 0 Å². The standard InChI is InChI=1S/C31H33FO5S/c32-31-17-22-3-1-2-21-14-27(37-26-10-12-38(34,35)13-11-26)8-9-28(21)30(22)16-24(31)19-36-25-6-4-20(5-7-25)29-15-23(29)18-33/h4-9,14,16-18,23,26,29,34-35H,1-3,10-13,15,19H2/t23-,29-/m1/s1. The van der Waals surface area contributed by atoms with E-state index in [-0.39, 0.29) is 24.4 Å². The van der Waals surface area contributed by atoms with Crippen LogP contribution in [-0.4, -0.2) is 33.0 Å². The van der Waals surface area contributed by atoms with Crippen LogP contribution in [0.25, 0.3) is 11.1 Å². The van der Waals surface area contributed by atoms with Crippen LogP contribution < -0.4 is 9.47 Å². The lowest BCUT2D eigenvalue weighted by Gasteiger charge is -2.39. The minimum Gasteiger partial charge on any atom is -0.490 e. The molecule has 0 amide bonds. The zero-order valence-corrected chi connectivity index (χ0v) is 22.1. The van der Waals surface area contributed by atoms with Crippen molar-refractivity contribution in [1.82, 2.24) is 0 Å². The van der Waals surface area contributed by atoms with Crippen molar-refractivity contribution in [2.75, 3.05) is 11.5 Å². The Bertz CT molecular complexity index is 1330. The van der Waals surface area contributed by atoms with Crippen molar-refractivity contribution in [3.8, 4) is 22.6 Å². The van der Waals surface area contributed by atoms with Gasteiger partial charge in [0.05, 0.1) is 0 Å². The van der Waals surface area contributed by atoms with Crippen LogP contribution in [0.4, 0.5) is 4.39 Å². The zero-order chi connectivity index (χ0) is 26.3. The predicted molar refractivity (Wildman–Crippen MR) is 148 cm³/mol. The minimum atomic E-state index is -2.43. The first-order chi connectivity index (χ1) is 18.4. The average Bonchev–Trinajstić information content (AvgIpc) is 3.72. The first-order valence-electron chi connectivity index (χ1n) is 13.4. The van der Waals surface area contributed by atoms with Crippen LogP contribution in [0.2, 0.25) is 0 Å². The minimum absolute atomic E-state index is 0.00586. The van der Waals surface area contributed by atoms with Gasteiger partial charge >= 0.3 is 0 Å². The van der Waals surface area contributed by atoms with Crippen LogP contribution >= 0.6 is 10.6 Å². The van der Waals surface area contributed by atoms with E-state index in [1.54, 1.807) is 6.07 Å².